The molecule has 29 heavy (non-hydrogen) atoms. The molecule has 3 N–H and O–H groups in total. The fraction of sp³-hybridized carbons (Fsp3) is 0.391. The Bertz CT molecular complexity index is 775. The Morgan fingerprint density at radius 1 is 1.00 bits per heavy atom. The Labute approximate surface area is 172 Å². The second-order valence-corrected chi connectivity index (χ2v) is 7.44. The van der Waals surface area contributed by atoms with E-state index in [0.29, 0.717) is 19.4 Å². The van der Waals surface area contributed by atoms with Crippen molar-refractivity contribution in [2.45, 2.75) is 45.4 Å². The number of hydrogen-bond donors (Lipinski definition) is 2. The highest BCUT2D eigenvalue weighted by molar-refractivity contribution is 5.87. The minimum absolute atomic E-state index is 0.235. The second-order valence-electron chi connectivity index (χ2n) is 7.44. The molecule has 0 aliphatic rings. The number of carbonyl (C=O) groups excluding carboxylic acids is 2. The molecule has 0 spiro atoms. The van der Waals surface area contributed by atoms with Gasteiger partial charge in [0.25, 0.3) is 0 Å². The molecule has 0 unspecified atom stereocenters. The van der Waals surface area contributed by atoms with Crippen LogP contribution in [0, 0.1) is 5.92 Å². The van der Waals surface area contributed by atoms with Gasteiger partial charge in [0.05, 0.1) is 13.2 Å². The summed E-state index contributed by atoms with van der Waals surface area (Å²) in [5, 5.41) is 2.71. The lowest BCUT2D eigenvalue weighted by molar-refractivity contribution is -0.145. The maximum Gasteiger partial charge on any atom is 0.328 e. The Morgan fingerprint density at radius 3 is 2.24 bits per heavy atom. The Hall–Kier alpha value is -2.86. The first-order valence-electron chi connectivity index (χ1n) is 9.78. The number of hydrogen-bond acceptors (Lipinski definition) is 5. The molecule has 2 rings (SSSR count). The molecule has 0 saturated heterocycles. The lowest BCUT2D eigenvalue weighted by atomic mass is 10.0. The van der Waals surface area contributed by atoms with Gasteiger partial charge in [0.15, 0.2) is 0 Å². The van der Waals surface area contributed by atoms with Gasteiger partial charge in [-0.05, 0) is 42.0 Å². The van der Waals surface area contributed by atoms with Crippen LogP contribution in [0.1, 0.15) is 31.4 Å². The standard InChI is InChI=1S/C23H30N2O4/c1-16(2)13-21(23(27)28-3)25-22(26)20(24)14-17-9-11-19(12-10-17)29-15-18-7-5-4-6-8-18/h4-12,16,20-21H,13-15,24H2,1-3H3,(H,25,26)/t20-,21+/m1/s1. The molecule has 0 aromatic heterocycles. The molecule has 0 radical (unpaired) electrons. The second kappa shape index (κ2) is 11.2. The summed E-state index contributed by atoms with van der Waals surface area (Å²) in [6, 6.07) is 16.0. The van der Waals surface area contributed by atoms with Crippen LogP contribution in [-0.4, -0.2) is 31.1 Å². The third-order valence-corrected chi connectivity index (χ3v) is 4.47. The number of benzene rings is 2. The van der Waals surface area contributed by atoms with Crippen molar-refractivity contribution >= 4 is 11.9 Å². The quantitative estimate of drug-likeness (QED) is 0.601. The van der Waals surface area contributed by atoms with E-state index >= 15 is 0 Å². The van der Waals surface area contributed by atoms with Crippen LogP contribution in [-0.2, 0) is 27.4 Å². The van der Waals surface area contributed by atoms with Crippen molar-refractivity contribution in [3.8, 4) is 5.75 Å². The molecule has 1 amide bonds. The molecular weight excluding hydrogens is 368 g/mol. The highest BCUT2D eigenvalue weighted by Gasteiger charge is 2.25. The molecule has 6 heteroatoms. The topological polar surface area (TPSA) is 90.7 Å². The van der Waals surface area contributed by atoms with Gasteiger partial charge in [0.2, 0.25) is 5.91 Å². The molecule has 156 valence electrons. The summed E-state index contributed by atoms with van der Waals surface area (Å²) in [5.74, 6) is 0.155. The lowest BCUT2D eigenvalue weighted by Gasteiger charge is -2.20. The lowest BCUT2D eigenvalue weighted by Crippen LogP contribution is -2.49. The number of rotatable bonds is 10. The van der Waals surface area contributed by atoms with Gasteiger partial charge in [-0.15, -0.1) is 0 Å². The summed E-state index contributed by atoms with van der Waals surface area (Å²) in [7, 11) is 1.31. The fourth-order valence-electron chi connectivity index (χ4n) is 2.92. The van der Waals surface area contributed by atoms with Crippen molar-refractivity contribution < 1.29 is 19.1 Å². The molecule has 0 heterocycles. The largest absolute Gasteiger partial charge is 0.489 e. The molecular formula is C23H30N2O4. The van der Waals surface area contributed by atoms with Crippen LogP contribution < -0.4 is 15.8 Å². The van der Waals surface area contributed by atoms with Crippen molar-refractivity contribution in [3.05, 3.63) is 65.7 Å². The van der Waals surface area contributed by atoms with Crippen LogP contribution in [0.3, 0.4) is 0 Å². The van der Waals surface area contributed by atoms with E-state index in [9.17, 15) is 9.59 Å². The molecule has 2 atom stereocenters. The van der Waals surface area contributed by atoms with E-state index in [1.54, 1.807) is 0 Å². The molecule has 0 aliphatic heterocycles. The van der Waals surface area contributed by atoms with Gasteiger partial charge in [0, 0.05) is 0 Å². The van der Waals surface area contributed by atoms with Gasteiger partial charge in [-0.2, -0.15) is 0 Å². The Morgan fingerprint density at radius 2 is 1.66 bits per heavy atom. The first-order chi connectivity index (χ1) is 13.9. The van der Waals surface area contributed by atoms with Gasteiger partial charge in [0.1, 0.15) is 18.4 Å². The van der Waals surface area contributed by atoms with Crippen molar-refractivity contribution in [2.24, 2.45) is 11.7 Å². The highest BCUT2D eigenvalue weighted by Crippen LogP contribution is 2.15. The van der Waals surface area contributed by atoms with E-state index in [2.05, 4.69) is 5.32 Å². The third-order valence-electron chi connectivity index (χ3n) is 4.47. The zero-order valence-corrected chi connectivity index (χ0v) is 17.3. The van der Waals surface area contributed by atoms with Crippen LogP contribution in [0.25, 0.3) is 0 Å². The predicted octanol–water partition coefficient (Wildman–Crippen LogP) is 2.84. The number of ether oxygens (including phenoxy) is 2. The van der Waals surface area contributed by atoms with Crippen LogP contribution in [0.15, 0.2) is 54.6 Å². The number of carbonyl (C=O) groups is 2. The number of methoxy groups -OCH3 is 1. The molecule has 0 aliphatic carbocycles. The summed E-state index contributed by atoms with van der Waals surface area (Å²) in [5.41, 5.74) is 8.06. The minimum Gasteiger partial charge on any atom is -0.489 e. The summed E-state index contributed by atoms with van der Waals surface area (Å²) in [4.78, 5) is 24.3. The van der Waals surface area contributed by atoms with Crippen molar-refractivity contribution in [1.29, 1.82) is 0 Å². The SMILES string of the molecule is COC(=O)[C@H](CC(C)C)NC(=O)[C@H](N)Cc1ccc(OCc2ccccc2)cc1. The Kier molecular flexibility index (Phi) is 8.68. The third kappa shape index (κ3) is 7.58. The number of esters is 1. The van der Waals surface area contributed by atoms with E-state index in [-0.39, 0.29) is 11.8 Å². The molecule has 6 nitrogen and oxygen atoms in total. The maximum atomic E-state index is 12.4. The number of amides is 1. The smallest absolute Gasteiger partial charge is 0.328 e. The summed E-state index contributed by atoms with van der Waals surface area (Å²) >= 11 is 0. The molecule has 0 saturated carbocycles. The molecule has 0 bridgehead atoms. The van der Waals surface area contributed by atoms with Gasteiger partial charge >= 0.3 is 5.97 Å². The van der Waals surface area contributed by atoms with Gasteiger partial charge in [-0.3, -0.25) is 4.79 Å². The zero-order chi connectivity index (χ0) is 21.2. The van der Waals surface area contributed by atoms with Gasteiger partial charge in [-0.1, -0.05) is 56.3 Å². The Balaban J connectivity index is 1.87. The highest BCUT2D eigenvalue weighted by atomic mass is 16.5. The van der Waals surface area contributed by atoms with E-state index in [4.69, 9.17) is 15.2 Å². The number of nitrogens with two attached hydrogens (primary N) is 1. The molecule has 2 aromatic carbocycles. The van der Waals surface area contributed by atoms with Gasteiger partial charge in [-0.25, -0.2) is 4.79 Å². The van der Waals surface area contributed by atoms with Crippen molar-refractivity contribution in [1.82, 2.24) is 5.32 Å². The fourth-order valence-corrected chi connectivity index (χ4v) is 2.92. The minimum atomic E-state index is -0.759. The van der Waals surface area contributed by atoms with Crippen LogP contribution in [0.4, 0.5) is 0 Å². The monoisotopic (exact) mass is 398 g/mol. The normalized spacial score (nSPS) is 12.9. The van der Waals surface area contributed by atoms with E-state index < -0.39 is 18.1 Å². The van der Waals surface area contributed by atoms with Crippen molar-refractivity contribution in [2.75, 3.05) is 7.11 Å². The van der Waals surface area contributed by atoms with Crippen LogP contribution >= 0.6 is 0 Å². The van der Waals surface area contributed by atoms with Crippen LogP contribution in [0.5, 0.6) is 5.75 Å². The molecule has 0 fully saturated rings. The average molecular weight is 399 g/mol. The zero-order valence-electron chi connectivity index (χ0n) is 17.3. The van der Waals surface area contributed by atoms with E-state index in [1.165, 1.54) is 7.11 Å². The molecule has 2 aromatic rings. The first kappa shape index (κ1) is 22.4. The van der Waals surface area contributed by atoms with Crippen LogP contribution in [0.2, 0.25) is 0 Å². The summed E-state index contributed by atoms with van der Waals surface area (Å²) in [6.07, 6.45) is 0.860. The summed E-state index contributed by atoms with van der Waals surface area (Å²) < 4.78 is 10.5. The van der Waals surface area contributed by atoms with E-state index in [1.807, 2.05) is 68.4 Å². The van der Waals surface area contributed by atoms with Gasteiger partial charge < -0.3 is 20.5 Å². The predicted molar refractivity (Wildman–Crippen MR) is 112 cm³/mol. The summed E-state index contributed by atoms with van der Waals surface area (Å²) in [6.45, 7) is 4.44. The average Bonchev–Trinajstić information content (AvgIpc) is 2.72. The van der Waals surface area contributed by atoms with Crippen molar-refractivity contribution in [3.63, 3.8) is 0 Å². The van der Waals surface area contributed by atoms with E-state index in [0.717, 1.165) is 16.9 Å². The number of nitrogens with one attached hydrogen (secondary N) is 1. The maximum absolute atomic E-state index is 12.4. The first-order valence-corrected chi connectivity index (χ1v) is 9.78.